The molecule has 35 heavy (non-hydrogen) atoms. The minimum atomic E-state index is -0.618. The lowest BCUT2D eigenvalue weighted by Gasteiger charge is -2.11. The Morgan fingerprint density at radius 2 is 2.06 bits per heavy atom. The van der Waals surface area contributed by atoms with Crippen LogP contribution in [0.3, 0.4) is 0 Å². The largest absolute Gasteiger partial charge is 0.494 e. The lowest BCUT2D eigenvalue weighted by molar-refractivity contribution is 0.387. The van der Waals surface area contributed by atoms with E-state index >= 15 is 0 Å². The molecule has 12 heteroatoms. The predicted molar refractivity (Wildman–Crippen MR) is 131 cm³/mol. The molecule has 0 unspecified atom stereocenters. The molecule has 5 aromatic rings. The molecular formula is C23H16ClFN6O3S. The first-order chi connectivity index (χ1) is 16.8. The summed E-state index contributed by atoms with van der Waals surface area (Å²) in [7, 11) is 3.07. The number of fused-ring (bicyclic) bond motifs is 2. The van der Waals surface area contributed by atoms with Gasteiger partial charge in [0.25, 0.3) is 5.56 Å². The third-order valence-corrected chi connectivity index (χ3v) is 7.00. The van der Waals surface area contributed by atoms with Crippen LogP contribution in [0.1, 0.15) is 6.42 Å². The normalized spacial score (nSPS) is 11.3. The van der Waals surface area contributed by atoms with E-state index in [-0.39, 0.29) is 34.1 Å². The Bertz CT molecular complexity index is 1800. The van der Waals surface area contributed by atoms with E-state index in [1.165, 1.54) is 23.9 Å². The lowest BCUT2D eigenvalue weighted by atomic mass is 10.1. The molecule has 5 rings (SSSR count). The topological polar surface area (TPSA) is 108 Å². The fraction of sp³-hybridized carbons (Fsp3) is 0.174. The molecule has 0 radical (unpaired) electrons. The average Bonchev–Trinajstić information content (AvgIpc) is 3.43. The second kappa shape index (κ2) is 8.65. The van der Waals surface area contributed by atoms with E-state index in [0.29, 0.717) is 26.9 Å². The van der Waals surface area contributed by atoms with Gasteiger partial charge < -0.3 is 4.74 Å². The van der Waals surface area contributed by atoms with Gasteiger partial charge in [-0.1, -0.05) is 11.6 Å². The first kappa shape index (κ1) is 22.8. The number of halogens is 2. The van der Waals surface area contributed by atoms with Crippen LogP contribution in [0.4, 0.5) is 4.39 Å². The number of nitrogens with zero attached hydrogens (tertiary/aromatic N) is 6. The van der Waals surface area contributed by atoms with Gasteiger partial charge >= 0.3 is 5.69 Å². The summed E-state index contributed by atoms with van der Waals surface area (Å²) in [6.07, 6.45) is 4.73. The van der Waals surface area contributed by atoms with Crippen molar-refractivity contribution >= 4 is 44.1 Å². The Morgan fingerprint density at radius 1 is 1.26 bits per heavy atom. The molecule has 176 valence electrons. The number of rotatable bonds is 5. The molecule has 0 spiro atoms. The summed E-state index contributed by atoms with van der Waals surface area (Å²) in [5.41, 5.74) is 0.470. The highest BCUT2D eigenvalue weighted by Gasteiger charge is 2.21. The number of benzene rings is 1. The molecule has 0 aliphatic rings. The number of aryl methyl sites for hydroxylation is 2. The molecule has 0 bridgehead atoms. The van der Waals surface area contributed by atoms with E-state index < -0.39 is 17.1 Å². The van der Waals surface area contributed by atoms with Gasteiger partial charge in [0, 0.05) is 35.6 Å². The van der Waals surface area contributed by atoms with Crippen LogP contribution in [-0.4, -0.2) is 31.0 Å². The van der Waals surface area contributed by atoms with Gasteiger partial charge in [0.1, 0.15) is 10.2 Å². The predicted octanol–water partition coefficient (Wildman–Crippen LogP) is 3.88. The summed E-state index contributed by atoms with van der Waals surface area (Å²) < 4.78 is 23.4. The first-order valence-electron chi connectivity index (χ1n) is 10.3. The number of hydrogen-bond acceptors (Lipinski definition) is 7. The highest BCUT2D eigenvalue weighted by molar-refractivity contribution is 7.22. The van der Waals surface area contributed by atoms with Crippen LogP contribution in [-0.2, 0) is 13.6 Å². The molecular weight excluding hydrogens is 495 g/mol. The molecule has 1 aromatic carbocycles. The number of methoxy groups -OCH3 is 1. The standard InChI is InChI=1S/C23H16ClFN6O3S/c1-29-11-13-16(28-29)9-27-10-18(13)31-22(32)21-17(30(23(31)33)5-3-4-26)8-20(35-21)12-6-19(34-2)15(25)7-14(12)24/h6-11H,3,5H2,1-2H3. The maximum absolute atomic E-state index is 14.1. The van der Waals surface area contributed by atoms with E-state index in [2.05, 4.69) is 10.1 Å². The highest BCUT2D eigenvalue weighted by atomic mass is 35.5. The Morgan fingerprint density at radius 3 is 2.80 bits per heavy atom. The molecule has 0 aliphatic carbocycles. The zero-order valence-corrected chi connectivity index (χ0v) is 20.0. The van der Waals surface area contributed by atoms with Crippen molar-refractivity contribution in [1.82, 2.24) is 23.9 Å². The number of thiophene rings is 1. The third kappa shape index (κ3) is 3.67. The van der Waals surface area contributed by atoms with E-state index in [1.807, 2.05) is 6.07 Å². The highest BCUT2D eigenvalue weighted by Crippen LogP contribution is 2.39. The van der Waals surface area contributed by atoms with Gasteiger partial charge in [0.2, 0.25) is 0 Å². The van der Waals surface area contributed by atoms with E-state index in [4.69, 9.17) is 21.6 Å². The summed E-state index contributed by atoms with van der Waals surface area (Å²) in [6, 6.07) is 6.26. The Balaban J connectivity index is 1.84. The average molecular weight is 511 g/mol. The molecule has 9 nitrogen and oxygen atoms in total. The summed E-state index contributed by atoms with van der Waals surface area (Å²) >= 11 is 7.42. The Kier molecular flexibility index (Phi) is 5.62. The van der Waals surface area contributed by atoms with Crippen molar-refractivity contribution in [2.24, 2.45) is 7.05 Å². The fourth-order valence-electron chi connectivity index (χ4n) is 3.97. The smallest absolute Gasteiger partial charge is 0.336 e. The van der Waals surface area contributed by atoms with Crippen LogP contribution in [0.2, 0.25) is 5.02 Å². The van der Waals surface area contributed by atoms with Crippen LogP contribution in [0, 0.1) is 17.1 Å². The van der Waals surface area contributed by atoms with Crippen LogP contribution >= 0.6 is 22.9 Å². The van der Waals surface area contributed by atoms with E-state index in [0.717, 1.165) is 22.0 Å². The molecule has 0 amide bonds. The molecule has 0 N–H and O–H groups in total. The molecule has 4 heterocycles. The second-order valence-corrected chi connectivity index (χ2v) is 9.13. The van der Waals surface area contributed by atoms with Crippen molar-refractivity contribution in [3.63, 3.8) is 0 Å². The van der Waals surface area contributed by atoms with Crippen molar-refractivity contribution < 1.29 is 9.13 Å². The van der Waals surface area contributed by atoms with Gasteiger partial charge in [-0.15, -0.1) is 11.3 Å². The molecule has 0 saturated carbocycles. The van der Waals surface area contributed by atoms with Gasteiger partial charge in [-0.3, -0.25) is 19.0 Å². The molecule has 4 aromatic heterocycles. The van der Waals surface area contributed by atoms with E-state index in [9.17, 15) is 14.0 Å². The first-order valence-corrected chi connectivity index (χ1v) is 11.5. The van der Waals surface area contributed by atoms with Gasteiger partial charge in [-0.25, -0.2) is 13.8 Å². The van der Waals surface area contributed by atoms with Crippen LogP contribution < -0.4 is 16.0 Å². The lowest BCUT2D eigenvalue weighted by Crippen LogP contribution is -2.38. The van der Waals surface area contributed by atoms with Crippen molar-refractivity contribution in [2.75, 3.05) is 7.11 Å². The number of hydrogen-bond donors (Lipinski definition) is 0. The number of ether oxygens (including phenoxy) is 1. The van der Waals surface area contributed by atoms with E-state index in [1.54, 1.807) is 30.2 Å². The minimum absolute atomic E-state index is 0.00420. The zero-order valence-electron chi connectivity index (χ0n) is 18.5. The summed E-state index contributed by atoms with van der Waals surface area (Å²) in [6.45, 7) is 0.0687. The quantitative estimate of drug-likeness (QED) is 0.355. The molecule has 0 fully saturated rings. The molecule has 0 aliphatic heterocycles. The van der Waals surface area contributed by atoms with Gasteiger partial charge in [0.05, 0.1) is 48.2 Å². The van der Waals surface area contributed by atoms with Gasteiger partial charge in [-0.05, 0) is 18.2 Å². The van der Waals surface area contributed by atoms with Crippen LogP contribution in [0.5, 0.6) is 5.75 Å². The van der Waals surface area contributed by atoms with Crippen molar-refractivity contribution in [1.29, 1.82) is 5.26 Å². The minimum Gasteiger partial charge on any atom is -0.494 e. The van der Waals surface area contributed by atoms with Crippen molar-refractivity contribution in [3.05, 3.63) is 68.5 Å². The van der Waals surface area contributed by atoms with Crippen LogP contribution in [0.25, 0.3) is 37.2 Å². The number of aromatic nitrogens is 5. The Labute approximate surface area is 205 Å². The van der Waals surface area contributed by atoms with Crippen LogP contribution in [0.15, 0.2) is 46.4 Å². The molecule has 0 atom stereocenters. The molecule has 0 saturated heterocycles. The maximum atomic E-state index is 14.1. The van der Waals surface area contributed by atoms with Crippen molar-refractivity contribution in [2.45, 2.75) is 13.0 Å². The van der Waals surface area contributed by atoms with Crippen molar-refractivity contribution in [3.8, 4) is 27.9 Å². The monoisotopic (exact) mass is 510 g/mol. The summed E-state index contributed by atoms with van der Waals surface area (Å²) in [4.78, 5) is 31.9. The summed E-state index contributed by atoms with van der Waals surface area (Å²) in [5, 5.41) is 14.2. The van der Waals surface area contributed by atoms with Gasteiger partial charge in [0.15, 0.2) is 11.6 Å². The second-order valence-electron chi connectivity index (χ2n) is 7.67. The maximum Gasteiger partial charge on any atom is 0.336 e. The fourth-order valence-corrected chi connectivity index (χ4v) is 5.40. The number of nitriles is 1. The summed E-state index contributed by atoms with van der Waals surface area (Å²) in [5.74, 6) is -0.622. The third-order valence-electron chi connectivity index (χ3n) is 5.54. The number of pyridine rings is 1. The zero-order chi connectivity index (χ0) is 24.9. The van der Waals surface area contributed by atoms with Gasteiger partial charge in [-0.2, -0.15) is 10.4 Å². The SMILES string of the molecule is COc1cc(-c2cc3c(s2)c(=O)n(-c2cncc4nn(C)cc24)c(=O)n3CCC#N)c(Cl)cc1F. The Hall–Kier alpha value is -4.01.